The van der Waals surface area contributed by atoms with Gasteiger partial charge in [-0.25, -0.2) is 8.78 Å². The van der Waals surface area contributed by atoms with Gasteiger partial charge in [-0.1, -0.05) is 0 Å². The number of thiazole rings is 1. The molecular formula is C11H8F2N4S. The van der Waals surface area contributed by atoms with Crippen LogP contribution in [0.2, 0.25) is 0 Å². The quantitative estimate of drug-likeness (QED) is 0.773. The third-order valence-electron chi connectivity index (χ3n) is 2.61. The van der Waals surface area contributed by atoms with Crippen LogP contribution in [0.25, 0.3) is 16.2 Å². The number of aromatic nitrogens is 3. The molecule has 0 aliphatic rings. The fourth-order valence-electron chi connectivity index (χ4n) is 1.79. The molecule has 7 heteroatoms. The first kappa shape index (κ1) is 11.2. The Morgan fingerprint density at radius 1 is 1.28 bits per heavy atom. The van der Waals surface area contributed by atoms with Crippen molar-refractivity contribution in [2.45, 2.75) is 6.54 Å². The molecule has 0 aliphatic heterocycles. The van der Waals surface area contributed by atoms with Crippen LogP contribution in [-0.2, 0) is 6.54 Å². The number of fused-ring (bicyclic) bond motifs is 1. The van der Waals surface area contributed by atoms with Gasteiger partial charge in [0.25, 0.3) is 0 Å². The zero-order valence-corrected chi connectivity index (χ0v) is 9.92. The van der Waals surface area contributed by atoms with Crippen LogP contribution in [0.5, 0.6) is 0 Å². The molecule has 0 bridgehead atoms. The Bertz CT molecular complexity index is 719. The Kier molecular flexibility index (Phi) is 2.57. The average molecular weight is 266 g/mol. The van der Waals surface area contributed by atoms with Crippen LogP contribution in [0.15, 0.2) is 23.6 Å². The largest absolute Gasteiger partial charge is 0.324 e. The minimum Gasteiger partial charge on any atom is -0.324 e. The third kappa shape index (κ3) is 1.59. The molecule has 2 N–H and O–H groups in total. The van der Waals surface area contributed by atoms with Crippen molar-refractivity contribution >= 4 is 16.3 Å². The summed E-state index contributed by atoms with van der Waals surface area (Å²) in [5, 5.41) is 9.60. The van der Waals surface area contributed by atoms with E-state index in [1.54, 1.807) is 9.78 Å². The fourth-order valence-corrected chi connectivity index (χ4v) is 2.64. The molecule has 3 rings (SSSR count). The standard InChI is InChI=1S/C11H8F2N4S/c12-6-1-2-7(8(13)3-6)9-5-18-11-16-15-10(4-14)17(9)11/h1-3,5H,4,14H2. The number of benzene rings is 1. The highest BCUT2D eigenvalue weighted by molar-refractivity contribution is 7.15. The van der Waals surface area contributed by atoms with Gasteiger partial charge in [0.15, 0.2) is 5.82 Å². The van der Waals surface area contributed by atoms with Gasteiger partial charge in [0.05, 0.1) is 12.2 Å². The topological polar surface area (TPSA) is 56.2 Å². The molecule has 0 saturated heterocycles. The van der Waals surface area contributed by atoms with E-state index in [1.807, 2.05) is 0 Å². The van der Waals surface area contributed by atoms with Crippen molar-refractivity contribution in [1.29, 1.82) is 0 Å². The van der Waals surface area contributed by atoms with Gasteiger partial charge < -0.3 is 5.73 Å². The second-order valence-electron chi connectivity index (χ2n) is 3.68. The maximum atomic E-state index is 13.8. The van der Waals surface area contributed by atoms with Gasteiger partial charge in [0.1, 0.15) is 11.6 Å². The molecule has 2 heterocycles. The second-order valence-corrected chi connectivity index (χ2v) is 4.52. The molecule has 92 valence electrons. The molecule has 0 saturated carbocycles. The molecule has 0 aliphatic carbocycles. The molecule has 3 aromatic rings. The van der Waals surface area contributed by atoms with E-state index in [0.29, 0.717) is 22.0 Å². The van der Waals surface area contributed by atoms with Gasteiger partial charge >= 0.3 is 0 Å². The van der Waals surface area contributed by atoms with Crippen molar-refractivity contribution in [2.75, 3.05) is 0 Å². The fraction of sp³-hybridized carbons (Fsp3) is 0.0909. The Balaban J connectivity index is 2.27. The lowest BCUT2D eigenvalue weighted by molar-refractivity contribution is 0.585. The molecule has 4 nitrogen and oxygen atoms in total. The minimum absolute atomic E-state index is 0.202. The van der Waals surface area contributed by atoms with Gasteiger partial charge in [-0.15, -0.1) is 21.5 Å². The van der Waals surface area contributed by atoms with Gasteiger partial charge in [-0.05, 0) is 12.1 Å². The third-order valence-corrected chi connectivity index (χ3v) is 3.42. The monoisotopic (exact) mass is 266 g/mol. The summed E-state index contributed by atoms with van der Waals surface area (Å²) in [6.07, 6.45) is 0. The lowest BCUT2D eigenvalue weighted by Gasteiger charge is -2.03. The number of nitrogens with two attached hydrogens (primary N) is 1. The highest BCUT2D eigenvalue weighted by atomic mass is 32.1. The molecule has 0 amide bonds. The highest BCUT2D eigenvalue weighted by Crippen LogP contribution is 2.28. The number of halogens is 2. The van der Waals surface area contributed by atoms with E-state index in [2.05, 4.69) is 10.2 Å². The van der Waals surface area contributed by atoms with Gasteiger partial charge in [-0.2, -0.15) is 0 Å². The first-order valence-electron chi connectivity index (χ1n) is 5.17. The van der Waals surface area contributed by atoms with E-state index >= 15 is 0 Å². The van der Waals surface area contributed by atoms with E-state index in [9.17, 15) is 8.78 Å². The molecule has 1 aromatic carbocycles. The Labute approximate surface area is 105 Å². The van der Waals surface area contributed by atoms with Crippen molar-refractivity contribution < 1.29 is 8.78 Å². The summed E-state index contributed by atoms with van der Waals surface area (Å²) in [5.41, 5.74) is 6.44. The number of nitrogens with zero attached hydrogens (tertiary/aromatic N) is 3. The minimum atomic E-state index is -0.619. The van der Waals surface area contributed by atoms with Crippen LogP contribution in [0.3, 0.4) is 0 Å². The molecule has 0 spiro atoms. The smallest absolute Gasteiger partial charge is 0.216 e. The lowest BCUT2D eigenvalue weighted by atomic mass is 10.1. The van der Waals surface area contributed by atoms with E-state index in [-0.39, 0.29) is 6.54 Å². The molecule has 0 unspecified atom stereocenters. The zero-order valence-electron chi connectivity index (χ0n) is 9.10. The van der Waals surface area contributed by atoms with Crippen molar-refractivity contribution in [3.8, 4) is 11.3 Å². The van der Waals surface area contributed by atoms with Crippen LogP contribution in [0.4, 0.5) is 8.78 Å². The molecule has 0 radical (unpaired) electrons. The highest BCUT2D eigenvalue weighted by Gasteiger charge is 2.15. The van der Waals surface area contributed by atoms with Crippen LogP contribution in [0, 0.1) is 11.6 Å². The van der Waals surface area contributed by atoms with Crippen LogP contribution < -0.4 is 5.73 Å². The van der Waals surface area contributed by atoms with Gasteiger partial charge in [0.2, 0.25) is 4.96 Å². The van der Waals surface area contributed by atoms with Crippen LogP contribution >= 0.6 is 11.3 Å². The van der Waals surface area contributed by atoms with Gasteiger partial charge in [-0.3, -0.25) is 4.40 Å². The molecule has 18 heavy (non-hydrogen) atoms. The van der Waals surface area contributed by atoms with E-state index in [1.165, 1.54) is 23.5 Å². The Morgan fingerprint density at radius 3 is 2.83 bits per heavy atom. The second kappa shape index (κ2) is 4.11. The normalized spacial score (nSPS) is 11.3. The Morgan fingerprint density at radius 2 is 2.11 bits per heavy atom. The predicted octanol–water partition coefficient (Wildman–Crippen LogP) is 2.19. The number of hydrogen-bond acceptors (Lipinski definition) is 4. The summed E-state index contributed by atoms with van der Waals surface area (Å²) in [5.74, 6) is -0.679. The summed E-state index contributed by atoms with van der Waals surface area (Å²) in [4.78, 5) is 0.633. The Hall–Kier alpha value is -1.86. The molecule has 0 atom stereocenters. The average Bonchev–Trinajstić information content (AvgIpc) is 2.90. The molecular weight excluding hydrogens is 258 g/mol. The summed E-state index contributed by atoms with van der Waals surface area (Å²) in [6.45, 7) is 0.202. The van der Waals surface area contributed by atoms with Crippen molar-refractivity contribution in [3.05, 3.63) is 41.0 Å². The van der Waals surface area contributed by atoms with Crippen molar-refractivity contribution in [1.82, 2.24) is 14.6 Å². The van der Waals surface area contributed by atoms with Gasteiger partial charge in [0, 0.05) is 17.0 Å². The SMILES string of the molecule is NCc1nnc2scc(-c3ccc(F)cc3F)n12. The predicted molar refractivity (Wildman–Crippen MR) is 64.1 cm³/mol. The first-order chi connectivity index (χ1) is 8.70. The first-order valence-corrected chi connectivity index (χ1v) is 6.05. The maximum Gasteiger partial charge on any atom is 0.216 e. The maximum absolute atomic E-state index is 13.8. The van der Waals surface area contributed by atoms with Crippen molar-refractivity contribution in [3.63, 3.8) is 0 Å². The number of hydrogen-bond donors (Lipinski definition) is 1. The van der Waals surface area contributed by atoms with E-state index in [4.69, 9.17) is 5.73 Å². The zero-order chi connectivity index (χ0) is 12.7. The molecule has 2 aromatic heterocycles. The molecule has 0 fully saturated rings. The summed E-state index contributed by atoms with van der Waals surface area (Å²) in [7, 11) is 0. The van der Waals surface area contributed by atoms with Crippen LogP contribution in [-0.4, -0.2) is 14.6 Å². The summed E-state index contributed by atoms with van der Waals surface area (Å²) < 4.78 is 28.3. The van der Waals surface area contributed by atoms with E-state index < -0.39 is 11.6 Å². The number of rotatable bonds is 2. The summed E-state index contributed by atoms with van der Waals surface area (Å²) in [6, 6.07) is 3.46. The van der Waals surface area contributed by atoms with E-state index in [0.717, 1.165) is 6.07 Å². The summed E-state index contributed by atoms with van der Waals surface area (Å²) >= 11 is 1.33. The van der Waals surface area contributed by atoms with Crippen molar-refractivity contribution in [2.24, 2.45) is 5.73 Å². The lowest BCUT2D eigenvalue weighted by Crippen LogP contribution is -2.03. The van der Waals surface area contributed by atoms with Crippen LogP contribution in [0.1, 0.15) is 5.82 Å².